The van der Waals surface area contributed by atoms with Gasteiger partial charge in [-0.1, -0.05) is 68.3 Å². The second kappa shape index (κ2) is 9.81. The Morgan fingerprint density at radius 3 is 2.57 bits per heavy atom. The molecule has 2 aromatic carbocycles. The van der Waals surface area contributed by atoms with Gasteiger partial charge in [-0.2, -0.15) is 0 Å². The third-order valence-corrected chi connectivity index (χ3v) is 6.30. The summed E-state index contributed by atoms with van der Waals surface area (Å²) in [6.07, 6.45) is 9.28. The van der Waals surface area contributed by atoms with Gasteiger partial charge in [0.15, 0.2) is 5.17 Å². The fourth-order valence-electron chi connectivity index (χ4n) is 3.86. The largest absolute Gasteiger partial charge is 0.489 e. The average molecular weight is 419 g/mol. The van der Waals surface area contributed by atoms with E-state index < -0.39 is 0 Å². The molecule has 30 heavy (non-hydrogen) atoms. The second-order valence-corrected chi connectivity index (χ2v) is 8.45. The molecule has 0 spiro atoms. The molecule has 4 nitrogen and oxygen atoms in total. The zero-order valence-corrected chi connectivity index (χ0v) is 17.8. The number of ether oxygens (including phenoxy) is 1. The van der Waals surface area contributed by atoms with Gasteiger partial charge in [0.25, 0.3) is 5.91 Å². The van der Waals surface area contributed by atoms with E-state index in [1.54, 1.807) is 6.08 Å². The van der Waals surface area contributed by atoms with Gasteiger partial charge in [-0.15, -0.1) is 0 Å². The van der Waals surface area contributed by atoms with E-state index in [0.29, 0.717) is 11.5 Å². The summed E-state index contributed by atoms with van der Waals surface area (Å²) in [4.78, 5) is 20.9. The lowest BCUT2D eigenvalue weighted by atomic mass is 9.94. The Labute approximate surface area is 182 Å². The number of nitrogens with zero attached hydrogens (tertiary/aromatic N) is 2. The van der Waals surface area contributed by atoms with Crippen LogP contribution in [0.4, 0.5) is 5.69 Å². The molecule has 1 saturated heterocycles. The summed E-state index contributed by atoms with van der Waals surface area (Å²) in [7, 11) is 0. The lowest BCUT2D eigenvalue weighted by Gasteiger charge is -2.30. The quantitative estimate of drug-likeness (QED) is 0.415. The zero-order chi connectivity index (χ0) is 20.8. The number of thioether (sulfide) groups is 1. The molecule has 2 fully saturated rings. The Balaban J connectivity index is 1.68. The van der Waals surface area contributed by atoms with Crippen molar-refractivity contribution in [3.63, 3.8) is 0 Å². The minimum absolute atomic E-state index is 0.0418. The molecular formula is C25H26N2O2S. The summed E-state index contributed by atoms with van der Waals surface area (Å²) >= 11 is 1.45. The van der Waals surface area contributed by atoms with Gasteiger partial charge >= 0.3 is 0 Å². The van der Waals surface area contributed by atoms with Crippen molar-refractivity contribution in [1.29, 1.82) is 0 Å². The normalized spacial score (nSPS) is 20.1. The smallest absolute Gasteiger partial charge is 0.267 e. The summed E-state index contributed by atoms with van der Waals surface area (Å²) in [5.41, 5.74) is 1.75. The number of amidine groups is 1. The summed E-state index contributed by atoms with van der Waals surface area (Å²) in [6, 6.07) is 17.8. The molecule has 2 aliphatic rings. The molecule has 0 bridgehead atoms. The van der Waals surface area contributed by atoms with Crippen molar-refractivity contribution in [2.75, 3.05) is 6.61 Å². The fourth-order valence-corrected chi connectivity index (χ4v) is 4.91. The SMILES string of the molecule is C=CCOc1ccccc1/C=C1\SC(=Nc2ccccc2)N(C2CCCCC2)C1=O. The fraction of sp³-hybridized carbons (Fsp3) is 0.280. The van der Waals surface area contributed by atoms with E-state index in [2.05, 4.69) is 6.58 Å². The maximum Gasteiger partial charge on any atom is 0.267 e. The summed E-state index contributed by atoms with van der Waals surface area (Å²) < 4.78 is 5.77. The first kappa shape index (κ1) is 20.5. The van der Waals surface area contributed by atoms with Crippen LogP contribution >= 0.6 is 11.8 Å². The van der Waals surface area contributed by atoms with Crippen LogP contribution in [0.3, 0.4) is 0 Å². The van der Waals surface area contributed by atoms with Crippen LogP contribution in [0.2, 0.25) is 0 Å². The topological polar surface area (TPSA) is 41.9 Å². The number of para-hydroxylation sites is 2. The molecule has 1 heterocycles. The van der Waals surface area contributed by atoms with E-state index in [1.807, 2.05) is 65.6 Å². The highest BCUT2D eigenvalue weighted by Crippen LogP contribution is 2.39. The first-order valence-electron chi connectivity index (χ1n) is 10.5. The summed E-state index contributed by atoms with van der Waals surface area (Å²) in [5, 5.41) is 0.772. The van der Waals surface area contributed by atoms with E-state index in [1.165, 1.54) is 18.2 Å². The molecule has 1 saturated carbocycles. The Morgan fingerprint density at radius 1 is 1.07 bits per heavy atom. The van der Waals surface area contributed by atoms with E-state index in [0.717, 1.165) is 47.9 Å². The van der Waals surface area contributed by atoms with Gasteiger partial charge in [0, 0.05) is 11.6 Å². The highest BCUT2D eigenvalue weighted by molar-refractivity contribution is 8.18. The van der Waals surface area contributed by atoms with Crippen LogP contribution < -0.4 is 4.74 Å². The number of hydrogen-bond acceptors (Lipinski definition) is 4. The van der Waals surface area contributed by atoms with Crippen LogP contribution in [-0.4, -0.2) is 28.6 Å². The molecule has 2 aromatic rings. The molecule has 0 N–H and O–H groups in total. The number of carbonyl (C=O) groups is 1. The monoisotopic (exact) mass is 418 g/mol. The predicted molar refractivity (Wildman–Crippen MR) is 125 cm³/mol. The molecule has 0 aromatic heterocycles. The maximum atomic E-state index is 13.4. The van der Waals surface area contributed by atoms with Gasteiger partial charge in [0.05, 0.1) is 10.6 Å². The molecule has 0 atom stereocenters. The minimum Gasteiger partial charge on any atom is -0.489 e. The number of benzene rings is 2. The second-order valence-electron chi connectivity index (χ2n) is 7.45. The van der Waals surface area contributed by atoms with E-state index >= 15 is 0 Å². The van der Waals surface area contributed by atoms with Crippen molar-refractivity contribution in [1.82, 2.24) is 4.90 Å². The molecule has 4 rings (SSSR count). The minimum atomic E-state index is 0.0418. The van der Waals surface area contributed by atoms with Crippen LogP contribution in [0.15, 0.2) is 77.1 Å². The number of carbonyl (C=O) groups excluding carboxylic acids is 1. The maximum absolute atomic E-state index is 13.4. The molecule has 154 valence electrons. The first-order valence-corrected chi connectivity index (χ1v) is 11.3. The van der Waals surface area contributed by atoms with Crippen LogP contribution in [0.5, 0.6) is 5.75 Å². The lowest BCUT2D eigenvalue weighted by molar-refractivity contribution is -0.124. The van der Waals surface area contributed by atoms with Gasteiger partial charge < -0.3 is 4.74 Å². The number of rotatable bonds is 6. The van der Waals surface area contributed by atoms with Gasteiger partial charge in [0.1, 0.15) is 12.4 Å². The van der Waals surface area contributed by atoms with Crippen molar-refractivity contribution in [2.24, 2.45) is 4.99 Å². The van der Waals surface area contributed by atoms with E-state index in [9.17, 15) is 4.79 Å². The Morgan fingerprint density at radius 2 is 1.80 bits per heavy atom. The molecule has 1 amide bonds. The molecule has 1 aliphatic heterocycles. The van der Waals surface area contributed by atoms with Gasteiger partial charge in [-0.25, -0.2) is 4.99 Å². The Kier molecular flexibility index (Phi) is 6.70. The van der Waals surface area contributed by atoms with Crippen LogP contribution in [0.1, 0.15) is 37.7 Å². The Bertz CT molecular complexity index is 962. The molecule has 0 radical (unpaired) electrons. The summed E-state index contributed by atoms with van der Waals surface area (Å²) in [6.45, 7) is 4.14. The van der Waals surface area contributed by atoms with E-state index in [4.69, 9.17) is 9.73 Å². The van der Waals surface area contributed by atoms with Crippen molar-refractivity contribution < 1.29 is 9.53 Å². The number of aliphatic imine (C=N–C) groups is 1. The van der Waals surface area contributed by atoms with Gasteiger partial charge in [0.2, 0.25) is 0 Å². The lowest BCUT2D eigenvalue weighted by Crippen LogP contribution is -2.40. The molecule has 0 unspecified atom stereocenters. The standard InChI is InChI=1S/C25H26N2O2S/c1-2-17-29-22-16-10-9-11-19(22)18-23-24(28)27(21-14-7-4-8-15-21)25(30-23)26-20-12-5-3-6-13-20/h2-3,5-6,9-13,16,18,21H,1,4,7-8,14-15,17H2/b23-18-,26-25?. The number of amides is 1. The van der Waals surface area contributed by atoms with Crippen molar-refractivity contribution >= 4 is 34.6 Å². The van der Waals surface area contributed by atoms with Crippen molar-refractivity contribution in [3.05, 3.63) is 77.7 Å². The predicted octanol–water partition coefficient (Wildman–Crippen LogP) is 6.19. The van der Waals surface area contributed by atoms with Crippen LogP contribution in [0.25, 0.3) is 6.08 Å². The first-order chi connectivity index (χ1) is 14.8. The van der Waals surface area contributed by atoms with Gasteiger partial charge in [-0.05, 0) is 48.9 Å². The summed E-state index contributed by atoms with van der Waals surface area (Å²) in [5.74, 6) is 0.788. The van der Waals surface area contributed by atoms with Crippen molar-refractivity contribution in [2.45, 2.75) is 38.1 Å². The van der Waals surface area contributed by atoms with E-state index in [-0.39, 0.29) is 11.9 Å². The van der Waals surface area contributed by atoms with Crippen molar-refractivity contribution in [3.8, 4) is 5.75 Å². The van der Waals surface area contributed by atoms with Crippen LogP contribution in [0, 0.1) is 0 Å². The Hall–Kier alpha value is -2.79. The highest BCUT2D eigenvalue weighted by atomic mass is 32.2. The van der Waals surface area contributed by atoms with Gasteiger partial charge in [-0.3, -0.25) is 9.69 Å². The zero-order valence-electron chi connectivity index (χ0n) is 17.0. The highest BCUT2D eigenvalue weighted by Gasteiger charge is 2.38. The third-order valence-electron chi connectivity index (χ3n) is 5.32. The molecular weight excluding hydrogens is 392 g/mol. The third kappa shape index (κ3) is 4.68. The molecule has 5 heteroatoms. The number of hydrogen-bond donors (Lipinski definition) is 0. The van der Waals surface area contributed by atoms with Crippen LogP contribution in [-0.2, 0) is 4.79 Å². The average Bonchev–Trinajstić information content (AvgIpc) is 3.09. The molecule has 1 aliphatic carbocycles.